The zero-order chi connectivity index (χ0) is 14.0. The highest BCUT2D eigenvalue weighted by atomic mass is 15.3. The van der Waals surface area contributed by atoms with E-state index in [4.69, 9.17) is 0 Å². The lowest BCUT2D eigenvalue weighted by Crippen LogP contribution is -2.45. The summed E-state index contributed by atoms with van der Waals surface area (Å²) in [5, 5.41) is 12.7. The van der Waals surface area contributed by atoms with Crippen molar-refractivity contribution in [3.05, 3.63) is 11.6 Å². The zero-order valence-electron chi connectivity index (χ0n) is 13.0. The highest BCUT2D eigenvalue weighted by Gasteiger charge is 2.39. The molecular weight excluding hydrogens is 248 g/mol. The van der Waals surface area contributed by atoms with Crippen LogP contribution in [-0.4, -0.2) is 27.9 Å². The first-order valence-corrected chi connectivity index (χ1v) is 8.39. The molecule has 3 rings (SSSR count). The van der Waals surface area contributed by atoms with E-state index in [-0.39, 0.29) is 5.41 Å². The van der Waals surface area contributed by atoms with Crippen LogP contribution in [0, 0.1) is 6.92 Å². The van der Waals surface area contributed by atoms with E-state index in [1.54, 1.807) is 0 Å². The van der Waals surface area contributed by atoms with Gasteiger partial charge < -0.3 is 9.88 Å². The second kappa shape index (κ2) is 5.84. The standard InChI is InChI=1S/C16H28N4/c1-3-9-16(10-6-11-17-12-16)15-19-18-13(2)20(15)14-7-4-5-8-14/h14,17H,3-12H2,1-2H3. The molecule has 20 heavy (non-hydrogen) atoms. The van der Waals surface area contributed by atoms with Gasteiger partial charge >= 0.3 is 0 Å². The summed E-state index contributed by atoms with van der Waals surface area (Å²) in [7, 11) is 0. The number of rotatable bonds is 4. The van der Waals surface area contributed by atoms with Crippen LogP contribution in [0.1, 0.15) is 76.0 Å². The Kier molecular flexibility index (Phi) is 4.11. The number of hydrogen-bond donors (Lipinski definition) is 1. The van der Waals surface area contributed by atoms with Crippen LogP contribution in [0.15, 0.2) is 0 Å². The Labute approximate surface area is 122 Å². The third-order valence-corrected chi connectivity index (χ3v) is 5.23. The summed E-state index contributed by atoms with van der Waals surface area (Å²) in [5.41, 5.74) is 0.219. The highest BCUT2D eigenvalue weighted by Crippen LogP contribution is 2.39. The molecule has 1 saturated carbocycles. The van der Waals surface area contributed by atoms with Gasteiger partial charge in [-0.25, -0.2) is 0 Å². The van der Waals surface area contributed by atoms with Gasteiger partial charge in [0.1, 0.15) is 11.6 Å². The molecule has 2 fully saturated rings. The predicted molar refractivity (Wildman–Crippen MR) is 81.0 cm³/mol. The van der Waals surface area contributed by atoms with Gasteiger partial charge in [-0.05, 0) is 45.6 Å². The van der Waals surface area contributed by atoms with Gasteiger partial charge in [-0.1, -0.05) is 26.2 Å². The van der Waals surface area contributed by atoms with Crippen molar-refractivity contribution >= 4 is 0 Å². The molecule has 1 N–H and O–H groups in total. The molecule has 0 spiro atoms. The van der Waals surface area contributed by atoms with Crippen LogP contribution < -0.4 is 5.32 Å². The quantitative estimate of drug-likeness (QED) is 0.919. The molecule has 1 aliphatic carbocycles. The van der Waals surface area contributed by atoms with E-state index < -0.39 is 0 Å². The minimum atomic E-state index is 0.219. The molecule has 112 valence electrons. The van der Waals surface area contributed by atoms with Crippen molar-refractivity contribution in [2.45, 2.75) is 76.7 Å². The molecule has 1 aromatic rings. The lowest BCUT2D eigenvalue weighted by atomic mass is 9.76. The molecule has 1 atom stereocenters. The van der Waals surface area contributed by atoms with Crippen molar-refractivity contribution in [1.29, 1.82) is 0 Å². The third kappa shape index (κ3) is 2.39. The average molecular weight is 276 g/mol. The van der Waals surface area contributed by atoms with Crippen LogP contribution in [0.5, 0.6) is 0 Å². The van der Waals surface area contributed by atoms with Crippen molar-refractivity contribution < 1.29 is 0 Å². The second-order valence-electron chi connectivity index (χ2n) is 6.69. The summed E-state index contributed by atoms with van der Waals surface area (Å²) in [4.78, 5) is 0. The molecular formula is C16H28N4. The van der Waals surface area contributed by atoms with Gasteiger partial charge in [0.25, 0.3) is 0 Å². The fraction of sp³-hybridized carbons (Fsp3) is 0.875. The van der Waals surface area contributed by atoms with Crippen LogP contribution in [0.4, 0.5) is 0 Å². The number of nitrogens with one attached hydrogen (secondary N) is 1. The Bertz CT molecular complexity index is 434. The minimum absolute atomic E-state index is 0.219. The average Bonchev–Trinajstić information content (AvgIpc) is 3.09. The molecule has 4 heteroatoms. The Morgan fingerprint density at radius 3 is 2.70 bits per heavy atom. The molecule has 0 bridgehead atoms. The fourth-order valence-corrected chi connectivity index (χ4v) is 4.29. The Morgan fingerprint density at radius 1 is 1.25 bits per heavy atom. The molecule has 2 heterocycles. The first kappa shape index (κ1) is 14.1. The van der Waals surface area contributed by atoms with E-state index in [0.717, 1.165) is 18.9 Å². The number of nitrogens with zero attached hydrogens (tertiary/aromatic N) is 3. The van der Waals surface area contributed by atoms with E-state index in [2.05, 4.69) is 33.9 Å². The van der Waals surface area contributed by atoms with Crippen LogP contribution in [0.3, 0.4) is 0 Å². The Balaban J connectivity index is 1.98. The van der Waals surface area contributed by atoms with E-state index >= 15 is 0 Å². The normalized spacial score (nSPS) is 28.1. The second-order valence-corrected chi connectivity index (χ2v) is 6.69. The lowest BCUT2D eigenvalue weighted by Gasteiger charge is -2.38. The number of aryl methyl sites for hydroxylation is 1. The van der Waals surface area contributed by atoms with Crippen LogP contribution >= 0.6 is 0 Å². The van der Waals surface area contributed by atoms with Crippen molar-refractivity contribution in [3.8, 4) is 0 Å². The number of hydrogen-bond acceptors (Lipinski definition) is 3. The summed E-state index contributed by atoms with van der Waals surface area (Å²) in [6.07, 6.45) is 10.3. The lowest BCUT2D eigenvalue weighted by molar-refractivity contribution is 0.259. The largest absolute Gasteiger partial charge is 0.316 e. The SMILES string of the molecule is CCCC1(c2nnc(C)n2C2CCCC2)CCCNC1. The Hall–Kier alpha value is -0.900. The van der Waals surface area contributed by atoms with Crippen molar-refractivity contribution in [1.82, 2.24) is 20.1 Å². The molecule has 1 saturated heterocycles. The van der Waals surface area contributed by atoms with Gasteiger partial charge in [0.2, 0.25) is 0 Å². The van der Waals surface area contributed by atoms with Crippen LogP contribution in [-0.2, 0) is 5.41 Å². The van der Waals surface area contributed by atoms with Gasteiger partial charge in [0.15, 0.2) is 0 Å². The molecule has 0 amide bonds. The number of piperidine rings is 1. The van der Waals surface area contributed by atoms with Gasteiger partial charge in [0, 0.05) is 18.0 Å². The summed E-state index contributed by atoms with van der Waals surface area (Å²) >= 11 is 0. The van der Waals surface area contributed by atoms with Crippen LogP contribution in [0.2, 0.25) is 0 Å². The van der Waals surface area contributed by atoms with E-state index in [1.807, 2.05) is 0 Å². The first-order valence-electron chi connectivity index (χ1n) is 8.39. The maximum absolute atomic E-state index is 4.65. The highest BCUT2D eigenvalue weighted by molar-refractivity contribution is 5.15. The summed E-state index contributed by atoms with van der Waals surface area (Å²) < 4.78 is 2.50. The van der Waals surface area contributed by atoms with Gasteiger partial charge in [0.05, 0.1) is 0 Å². The third-order valence-electron chi connectivity index (χ3n) is 5.23. The maximum atomic E-state index is 4.65. The smallest absolute Gasteiger partial charge is 0.140 e. The first-order chi connectivity index (χ1) is 9.77. The van der Waals surface area contributed by atoms with Crippen molar-refractivity contribution in [3.63, 3.8) is 0 Å². The topological polar surface area (TPSA) is 42.7 Å². The summed E-state index contributed by atoms with van der Waals surface area (Å²) in [6, 6.07) is 0.649. The Morgan fingerprint density at radius 2 is 2.05 bits per heavy atom. The zero-order valence-corrected chi connectivity index (χ0v) is 13.0. The summed E-state index contributed by atoms with van der Waals surface area (Å²) in [5.74, 6) is 2.39. The van der Waals surface area contributed by atoms with Gasteiger partial charge in [-0.15, -0.1) is 10.2 Å². The molecule has 0 radical (unpaired) electrons. The molecule has 4 nitrogen and oxygen atoms in total. The molecule has 1 aliphatic heterocycles. The predicted octanol–water partition coefficient (Wildman–Crippen LogP) is 3.12. The van der Waals surface area contributed by atoms with Crippen molar-refractivity contribution in [2.75, 3.05) is 13.1 Å². The molecule has 1 unspecified atom stereocenters. The van der Waals surface area contributed by atoms with Crippen LogP contribution in [0.25, 0.3) is 0 Å². The van der Waals surface area contributed by atoms with Gasteiger partial charge in [-0.3, -0.25) is 0 Å². The summed E-state index contributed by atoms with van der Waals surface area (Å²) in [6.45, 7) is 6.65. The van der Waals surface area contributed by atoms with E-state index in [9.17, 15) is 0 Å². The monoisotopic (exact) mass is 276 g/mol. The number of aromatic nitrogens is 3. The molecule has 1 aromatic heterocycles. The van der Waals surface area contributed by atoms with E-state index in [1.165, 1.54) is 57.2 Å². The van der Waals surface area contributed by atoms with Crippen molar-refractivity contribution in [2.24, 2.45) is 0 Å². The molecule has 0 aromatic carbocycles. The fourth-order valence-electron chi connectivity index (χ4n) is 4.29. The van der Waals surface area contributed by atoms with Gasteiger partial charge in [-0.2, -0.15) is 0 Å². The van der Waals surface area contributed by atoms with E-state index in [0.29, 0.717) is 6.04 Å². The minimum Gasteiger partial charge on any atom is -0.316 e. The molecule has 2 aliphatic rings. The maximum Gasteiger partial charge on any atom is 0.140 e.